The molecule has 7 heteroatoms. The van der Waals surface area contributed by atoms with E-state index in [1.54, 1.807) is 24.3 Å². The van der Waals surface area contributed by atoms with E-state index in [4.69, 9.17) is 23.4 Å². The molecule has 1 N–H and O–H groups in total. The van der Waals surface area contributed by atoms with E-state index in [0.717, 1.165) is 37.0 Å². The van der Waals surface area contributed by atoms with Crippen LogP contribution in [0.25, 0.3) is 0 Å². The number of amides is 1. The van der Waals surface area contributed by atoms with E-state index in [1.807, 2.05) is 6.92 Å². The molecule has 0 saturated carbocycles. The number of furan rings is 1. The summed E-state index contributed by atoms with van der Waals surface area (Å²) in [6.07, 6.45) is 4.17. The van der Waals surface area contributed by atoms with Crippen LogP contribution in [0.1, 0.15) is 67.3 Å². The molecule has 1 amide bonds. The van der Waals surface area contributed by atoms with Crippen molar-refractivity contribution in [2.75, 3.05) is 26.1 Å². The summed E-state index contributed by atoms with van der Waals surface area (Å²) < 4.78 is 28.6. The zero-order valence-corrected chi connectivity index (χ0v) is 21.9. The third kappa shape index (κ3) is 5.30. The van der Waals surface area contributed by atoms with Crippen molar-refractivity contribution in [1.29, 1.82) is 0 Å². The number of hydrogen-bond acceptors (Lipinski definition) is 6. The van der Waals surface area contributed by atoms with Crippen LogP contribution in [0, 0.1) is 6.92 Å². The normalized spacial score (nSPS) is 13.7. The Morgan fingerprint density at radius 3 is 2.44 bits per heavy atom. The van der Waals surface area contributed by atoms with Gasteiger partial charge in [0.2, 0.25) is 0 Å². The molecule has 0 unspecified atom stereocenters. The van der Waals surface area contributed by atoms with Crippen LogP contribution < -0.4 is 24.3 Å². The fourth-order valence-electron chi connectivity index (χ4n) is 4.49. The minimum absolute atomic E-state index is 0.108. The highest BCUT2D eigenvalue weighted by molar-refractivity contribution is 6.04. The molecule has 0 fully saturated rings. The van der Waals surface area contributed by atoms with E-state index in [1.165, 1.54) is 25.3 Å². The van der Waals surface area contributed by atoms with Gasteiger partial charge >= 0.3 is 0 Å². The minimum atomic E-state index is -0.451. The van der Waals surface area contributed by atoms with Gasteiger partial charge in [0.05, 0.1) is 20.8 Å². The second-order valence-corrected chi connectivity index (χ2v) is 9.74. The zero-order chi connectivity index (χ0) is 25.9. The van der Waals surface area contributed by atoms with Crippen LogP contribution in [0.15, 0.2) is 40.8 Å². The van der Waals surface area contributed by atoms with Crippen molar-refractivity contribution in [3.8, 4) is 28.9 Å². The number of ether oxygens (including phenoxy) is 4. The lowest BCUT2D eigenvalue weighted by Crippen LogP contribution is -2.13. The van der Waals surface area contributed by atoms with E-state index in [9.17, 15) is 4.79 Å². The van der Waals surface area contributed by atoms with Gasteiger partial charge in [0.25, 0.3) is 11.9 Å². The molecule has 7 nitrogen and oxygen atoms in total. The lowest BCUT2D eigenvalue weighted by atomic mass is 9.86. The standard InChI is InChI=1S/C29H35NO6/c1-7-8-13-34-20-15-24(32-5)27(25(16-20)33-6)30-28(31)22-9-10-26(35-22)36-23-17-21-19(14-18(23)2)11-12-29(21,3)4/h9-10,14-17H,7-8,11-13H2,1-6H3,(H,30,31). The Morgan fingerprint density at radius 2 is 1.78 bits per heavy atom. The number of carbonyl (C=O) groups is 1. The molecule has 0 atom stereocenters. The predicted octanol–water partition coefficient (Wildman–Crippen LogP) is 7.05. The van der Waals surface area contributed by atoms with Crippen molar-refractivity contribution in [2.45, 2.75) is 58.8 Å². The lowest BCUT2D eigenvalue weighted by molar-refractivity contribution is 0.0991. The molecule has 1 aliphatic rings. The van der Waals surface area contributed by atoms with Crippen LogP contribution in [-0.4, -0.2) is 26.7 Å². The van der Waals surface area contributed by atoms with Crippen molar-refractivity contribution >= 4 is 11.6 Å². The average Bonchev–Trinajstić information content (AvgIpc) is 3.44. The van der Waals surface area contributed by atoms with Gasteiger partial charge in [-0.15, -0.1) is 0 Å². The van der Waals surface area contributed by atoms with Crippen molar-refractivity contribution in [1.82, 2.24) is 0 Å². The molecule has 0 bridgehead atoms. The summed E-state index contributed by atoms with van der Waals surface area (Å²) in [6.45, 7) is 9.21. The summed E-state index contributed by atoms with van der Waals surface area (Å²) in [7, 11) is 3.05. The Bertz CT molecular complexity index is 1220. The van der Waals surface area contributed by atoms with E-state index >= 15 is 0 Å². The fraction of sp³-hybridized carbons (Fsp3) is 0.414. The van der Waals surface area contributed by atoms with Crippen LogP contribution in [0.3, 0.4) is 0 Å². The number of hydrogen-bond donors (Lipinski definition) is 1. The Labute approximate surface area is 212 Å². The molecule has 3 aromatic rings. The Hall–Kier alpha value is -3.61. The highest BCUT2D eigenvalue weighted by atomic mass is 16.6. The number of unbranched alkanes of at least 4 members (excludes halogenated alkanes) is 1. The van der Waals surface area contributed by atoms with Gasteiger partial charge in [-0.25, -0.2) is 0 Å². The van der Waals surface area contributed by atoms with Crippen LogP contribution in [0.4, 0.5) is 5.69 Å². The number of rotatable bonds is 10. The first kappa shape index (κ1) is 25.5. The van der Waals surface area contributed by atoms with Gasteiger partial charge in [-0.05, 0) is 60.4 Å². The van der Waals surface area contributed by atoms with Crippen LogP contribution in [-0.2, 0) is 11.8 Å². The molecular formula is C29H35NO6. The van der Waals surface area contributed by atoms with Crippen molar-refractivity contribution in [3.63, 3.8) is 0 Å². The summed E-state index contributed by atoms with van der Waals surface area (Å²) >= 11 is 0. The number of aryl methyl sites for hydroxylation is 2. The van der Waals surface area contributed by atoms with Crippen LogP contribution in [0.2, 0.25) is 0 Å². The first-order valence-corrected chi connectivity index (χ1v) is 12.4. The number of fused-ring (bicyclic) bond motifs is 1. The summed E-state index contributed by atoms with van der Waals surface area (Å²) in [5, 5.41) is 2.83. The SMILES string of the molecule is CCCCOc1cc(OC)c(NC(=O)c2ccc(Oc3cc4c(cc3C)CCC4(C)C)o2)c(OC)c1. The topological polar surface area (TPSA) is 79.2 Å². The summed E-state index contributed by atoms with van der Waals surface area (Å²) in [5.74, 6) is 2.09. The number of carbonyl (C=O) groups excluding carboxylic acids is 1. The minimum Gasteiger partial charge on any atom is -0.494 e. The summed E-state index contributed by atoms with van der Waals surface area (Å²) in [5.41, 5.74) is 4.21. The van der Waals surface area contributed by atoms with E-state index in [0.29, 0.717) is 29.5 Å². The van der Waals surface area contributed by atoms with Crippen LogP contribution in [0.5, 0.6) is 28.9 Å². The maximum Gasteiger partial charge on any atom is 0.291 e. The third-order valence-electron chi connectivity index (χ3n) is 6.65. The second-order valence-electron chi connectivity index (χ2n) is 9.74. The maximum absolute atomic E-state index is 13.0. The quantitative estimate of drug-likeness (QED) is 0.305. The molecular weight excluding hydrogens is 458 g/mol. The number of nitrogens with one attached hydrogen (secondary N) is 1. The van der Waals surface area contributed by atoms with Crippen molar-refractivity contribution in [3.05, 3.63) is 58.8 Å². The molecule has 2 aromatic carbocycles. The van der Waals surface area contributed by atoms with Gasteiger partial charge in [-0.1, -0.05) is 33.3 Å². The van der Waals surface area contributed by atoms with Gasteiger partial charge in [0.15, 0.2) is 5.76 Å². The lowest BCUT2D eigenvalue weighted by Gasteiger charge is -2.20. The van der Waals surface area contributed by atoms with Crippen molar-refractivity contribution in [2.24, 2.45) is 0 Å². The maximum atomic E-state index is 13.0. The molecule has 1 aromatic heterocycles. The molecule has 1 heterocycles. The van der Waals surface area contributed by atoms with E-state index in [-0.39, 0.29) is 17.1 Å². The predicted molar refractivity (Wildman–Crippen MR) is 139 cm³/mol. The first-order chi connectivity index (χ1) is 17.2. The number of methoxy groups -OCH3 is 2. The molecule has 192 valence electrons. The highest BCUT2D eigenvalue weighted by Gasteiger charge is 2.31. The smallest absolute Gasteiger partial charge is 0.291 e. The molecule has 1 aliphatic carbocycles. The largest absolute Gasteiger partial charge is 0.494 e. The molecule has 0 radical (unpaired) electrons. The monoisotopic (exact) mass is 493 g/mol. The first-order valence-electron chi connectivity index (χ1n) is 12.4. The van der Waals surface area contributed by atoms with Gasteiger partial charge in [0.1, 0.15) is 28.7 Å². The average molecular weight is 494 g/mol. The fourth-order valence-corrected chi connectivity index (χ4v) is 4.49. The van der Waals surface area contributed by atoms with E-state index in [2.05, 4.69) is 38.2 Å². The molecule has 36 heavy (non-hydrogen) atoms. The summed E-state index contributed by atoms with van der Waals surface area (Å²) in [6, 6.07) is 11.0. The molecule has 0 spiro atoms. The zero-order valence-electron chi connectivity index (χ0n) is 21.9. The van der Waals surface area contributed by atoms with E-state index < -0.39 is 5.91 Å². The Morgan fingerprint density at radius 1 is 1.06 bits per heavy atom. The van der Waals surface area contributed by atoms with Crippen LogP contribution >= 0.6 is 0 Å². The Balaban J connectivity index is 1.51. The number of anilines is 1. The summed E-state index contributed by atoms with van der Waals surface area (Å²) in [4.78, 5) is 13.0. The second kappa shape index (κ2) is 10.6. The Kier molecular flexibility index (Phi) is 7.48. The number of benzene rings is 2. The highest BCUT2D eigenvalue weighted by Crippen LogP contribution is 2.42. The van der Waals surface area contributed by atoms with Gasteiger partial charge in [-0.2, -0.15) is 0 Å². The third-order valence-corrected chi connectivity index (χ3v) is 6.65. The molecule has 4 rings (SSSR count). The molecule has 0 saturated heterocycles. The molecule has 0 aliphatic heterocycles. The van der Waals surface area contributed by atoms with Gasteiger partial charge in [-0.3, -0.25) is 4.79 Å². The van der Waals surface area contributed by atoms with Gasteiger partial charge in [0, 0.05) is 18.2 Å². The van der Waals surface area contributed by atoms with Crippen molar-refractivity contribution < 1.29 is 28.2 Å². The van der Waals surface area contributed by atoms with Gasteiger partial charge < -0.3 is 28.7 Å².